The van der Waals surface area contributed by atoms with Crippen LogP contribution in [-0.2, 0) is 4.74 Å². The van der Waals surface area contributed by atoms with Gasteiger partial charge in [0.05, 0.1) is 26.4 Å². The molecule has 29 heavy (non-hydrogen) atoms. The highest BCUT2D eigenvalue weighted by Gasteiger charge is 2.16. The van der Waals surface area contributed by atoms with Crippen molar-refractivity contribution in [2.45, 2.75) is 25.9 Å². The third-order valence-electron chi connectivity index (χ3n) is 4.47. The summed E-state index contributed by atoms with van der Waals surface area (Å²) in [4.78, 5) is 17.3. The highest BCUT2D eigenvalue weighted by atomic mass is 16.5. The van der Waals surface area contributed by atoms with Gasteiger partial charge in [-0.05, 0) is 62.2 Å². The van der Waals surface area contributed by atoms with Crippen molar-refractivity contribution >= 4 is 17.6 Å². The first kappa shape index (κ1) is 20.7. The Labute approximate surface area is 171 Å². The van der Waals surface area contributed by atoms with Crippen LogP contribution in [0.4, 0.5) is 5.69 Å². The highest BCUT2D eigenvalue weighted by Crippen LogP contribution is 2.17. The van der Waals surface area contributed by atoms with Crippen molar-refractivity contribution < 1.29 is 19.0 Å². The Morgan fingerprint density at radius 3 is 2.72 bits per heavy atom. The van der Waals surface area contributed by atoms with Gasteiger partial charge in [0.2, 0.25) is 5.96 Å². The molecule has 2 N–H and O–H groups in total. The second-order valence-corrected chi connectivity index (χ2v) is 6.59. The molecule has 2 aromatic carbocycles. The number of methoxy groups -OCH3 is 1. The largest absolute Gasteiger partial charge is 0.497 e. The van der Waals surface area contributed by atoms with E-state index in [1.807, 2.05) is 31.2 Å². The average molecular weight is 397 g/mol. The zero-order valence-corrected chi connectivity index (χ0v) is 16.8. The Kier molecular flexibility index (Phi) is 7.47. The molecular weight excluding hydrogens is 370 g/mol. The maximum Gasteiger partial charge on any atom is 0.258 e. The molecule has 1 saturated heterocycles. The summed E-state index contributed by atoms with van der Waals surface area (Å²) >= 11 is 0. The number of hydrogen-bond acceptors (Lipinski definition) is 5. The van der Waals surface area contributed by atoms with E-state index in [4.69, 9.17) is 14.2 Å². The maximum absolute atomic E-state index is 12.7. The summed E-state index contributed by atoms with van der Waals surface area (Å²) in [6.07, 6.45) is 2.10. The molecule has 1 heterocycles. The number of guanidine groups is 1. The minimum atomic E-state index is -0.270. The summed E-state index contributed by atoms with van der Waals surface area (Å²) in [7, 11) is 1.57. The Hall–Kier alpha value is -3.06. The minimum Gasteiger partial charge on any atom is -0.497 e. The number of benzene rings is 2. The van der Waals surface area contributed by atoms with Gasteiger partial charge >= 0.3 is 0 Å². The average Bonchev–Trinajstić information content (AvgIpc) is 3.27. The zero-order valence-electron chi connectivity index (χ0n) is 16.8. The van der Waals surface area contributed by atoms with Gasteiger partial charge in [0.25, 0.3) is 5.91 Å². The molecule has 0 spiro atoms. The van der Waals surface area contributed by atoms with Crippen LogP contribution in [0.15, 0.2) is 53.5 Å². The number of carbonyl (C=O) groups is 1. The van der Waals surface area contributed by atoms with Gasteiger partial charge in [-0.3, -0.25) is 10.1 Å². The number of amides is 1. The number of nitrogens with one attached hydrogen (secondary N) is 2. The topological polar surface area (TPSA) is 81.2 Å². The lowest BCUT2D eigenvalue weighted by atomic mass is 10.2. The van der Waals surface area contributed by atoms with Crippen molar-refractivity contribution in [1.29, 1.82) is 0 Å². The molecule has 0 radical (unpaired) electrons. The summed E-state index contributed by atoms with van der Waals surface area (Å²) in [5, 5.41) is 6.03. The van der Waals surface area contributed by atoms with Crippen molar-refractivity contribution in [3.63, 3.8) is 0 Å². The lowest BCUT2D eigenvalue weighted by Crippen LogP contribution is -2.36. The van der Waals surface area contributed by atoms with Crippen molar-refractivity contribution in [2.24, 2.45) is 4.99 Å². The predicted molar refractivity (Wildman–Crippen MR) is 113 cm³/mol. The first-order chi connectivity index (χ1) is 14.2. The summed E-state index contributed by atoms with van der Waals surface area (Å²) in [6.45, 7) is 3.79. The van der Waals surface area contributed by atoms with E-state index in [0.29, 0.717) is 30.4 Å². The molecule has 7 nitrogen and oxygen atoms in total. The molecule has 1 amide bonds. The predicted octanol–water partition coefficient (Wildman–Crippen LogP) is 3.47. The van der Waals surface area contributed by atoms with Gasteiger partial charge in [-0.25, -0.2) is 4.99 Å². The molecular formula is C22H27N3O4. The van der Waals surface area contributed by atoms with Crippen LogP contribution in [0, 0.1) is 0 Å². The quantitative estimate of drug-likeness (QED) is 0.552. The Balaban J connectivity index is 1.72. The first-order valence-electron chi connectivity index (χ1n) is 9.79. The monoisotopic (exact) mass is 397 g/mol. The smallest absolute Gasteiger partial charge is 0.258 e. The van der Waals surface area contributed by atoms with Crippen molar-refractivity contribution in [2.75, 3.05) is 32.2 Å². The van der Waals surface area contributed by atoms with Gasteiger partial charge < -0.3 is 19.5 Å². The van der Waals surface area contributed by atoms with E-state index >= 15 is 0 Å². The van der Waals surface area contributed by atoms with Gasteiger partial charge in [0.1, 0.15) is 11.5 Å². The summed E-state index contributed by atoms with van der Waals surface area (Å²) in [5.74, 6) is 1.51. The molecule has 1 aliphatic rings. The van der Waals surface area contributed by atoms with Crippen LogP contribution in [-0.4, -0.2) is 44.8 Å². The lowest BCUT2D eigenvalue weighted by molar-refractivity contribution is 0.0975. The maximum atomic E-state index is 12.7. The van der Waals surface area contributed by atoms with Gasteiger partial charge in [-0.15, -0.1) is 0 Å². The van der Waals surface area contributed by atoms with Gasteiger partial charge in [0.15, 0.2) is 0 Å². The molecule has 1 aliphatic heterocycles. The third-order valence-corrected chi connectivity index (χ3v) is 4.47. The molecule has 0 bridgehead atoms. The normalized spacial score (nSPS) is 16.3. The van der Waals surface area contributed by atoms with Gasteiger partial charge in [-0.1, -0.05) is 6.07 Å². The van der Waals surface area contributed by atoms with Crippen LogP contribution >= 0.6 is 0 Å². The molecule has 0 aromatic heterocycles. The van der Waals surface area contributed by atoms with Crippen LogP contribution in [0.2, 0.25) is 0 Å². The van der Waals surface area contributed by atoms with Crippen LogP contribution in [0.3, 0.4) is 0 Å². The second-order valence-electron chi connectivity index (χ2n) is 6.59. The molecule has 1 fully saturated rings. The van der Waals surface area contributed by atoms with E-state index in [-0.39, 0.29) is 12.0 Å². The SMILES string of the molecule is CCOc1ccc(NC(=NC[C@H]2CCCO2)NC(=O)c2cccc(OC)c2)cc1. The number of carbonyl (C=O) groups excluding carboxylic acids is 1. The third kappa shape index (κ3) is 6.22. The fourth-order valence-corrected chi connectivity index (χ4v) is 2.97. The molecule has 7 heteroatoms. The number of hydrogen-bond donors (Lipinski definition) is 2. The van der Waals surface area contributed by atoms with E-state index in [9.17, 15) is 4.79 Å². The number of rotatable bonds is 7. The number of nitrogens with zero attached hydrogens (tertiary/aromatic N) is 1. The molecule has 1 atom stereocenters. The molecule has 2 aromatic rings. The van der Waals surface area contributed by atoms with Crippen molar-refractivity contribution in [3.8, 4) is 11.5 Å². The fraction of sp³-hybridized carbons (Fsp3) is 0.364. The minimum absolute atomic E-state index is 0.0841. The molecule has 154 valence electrons. The van der Waals surface area contributed by atoms with E-state index < -0.39 is 0 Å². The highest BCUT2D eigenvalue weighted by molar-refractivity contribution is 6.10. The molecule has 0 aliphatic carbocycles. The van der Waals surface area contributed by atoms with Gasteiger partial charge in [-0.2, -0.15) is 0 Å². The number of ether oxygens (including phenoxy) is 3. The molecule has 0 unspecified atom stereocenters. The standard InChI is InChI=1S/C22H27N3O4/c1-3-28-18-11-9-17(10-12-18)24-22(23-15-20-8-5-13-29-20)25-21(26)16-6-4-7-19(14-16)27-2/h4,6-7,9-12,14,20H,3,5,8,13,15H2,1-2H3,(H2,23,24,25,26)/t20-/m1/s1. The number of anilines is 1. The van der Waals surface area contributed by atoms with Gasteiger partial charge in [0, 0.05) is 17.9 Å². The Bertz CT molecular complexity index is 830. The van der Waals surface area contributed by atoms with Crippen molar-refractivity contribution in [3.05, 3.63) is 54.1 Å². The Morgan fingerprint density at radius 1 is 1.21 bits per heavy atom. The molecule has 0 saturated carbocycles. The van der Waals surface area contributed by atoms with E-state index in [1.54, 1.807) is 31.4 Å². The zero-order chi connectivity index (χ0) is 20.5. The van der Waals surface area contributed by atoms with E-state index in [1.165, 1.54) is 0 Å². The molecule has 3 rings (SSSR count). The van der Waals surface area contributed by atoms with E-state index in [2.05, 4.69) is 15.6 Å². The summed E-state index contributed by atoms with van der Waals surface area (Å²) in [6, 6.07) is 14.5. The van der Waals surface area contributed by atoms with Crippen LogP contribution in [0.25, 0.3) is 0 Å². The first-order valence-corrected chi connectivity index (χ1v) is 9.79. The van der Waals surface area contributed by atoms with Crippen molar-refractivity contribution in [1.82, 2.24) is 5.32 Å². The summed E-state index contributed by atoms with van der Waals surface area (Å²) < 4.78 is 16.3. The number of aliphatic imine (C=N–C) groups is 1. The fourth-order valence-electron chi connectivity index (χ4n) is 2.97. The van der Waals surface area contributed by atoms with Crippen LogP contribution in [0.1, 0.15) is 30.1 Å². The summed E-state index contributed by atoms with van der Waals surface area (Å²) in [5.41, 5.74) is 1.29. The van der Waals surface area contributed by atoms with Crippen LogP contribution in [0.5, 0.6) is 11.5 Å². The van der Waals surface area contributed by atoms with E-state index in [0.717, 1.165) is 30.9 Å². The van der Waals surface area contributed by atoms with Crippen LogP contribution < -0.4 is 20.1 Å². The second kappa shape index (κ2) is 10.5. The Morgan fingerprint density at radius 2 is 2.03 bits per heavy atom. The lowest BCUT2D eigenvalue weighted by Gasteiger charge is -2.14.